The molecule has 0 radical (unpaired) electrons. The molecule has 1 fully saturated rings. The summed E-state index contributed by atoms with van der Waals surface area (Å²) in [6.07, 6.45) is 0.566. The van der Waals surface area contributed by atoms with Crippen LogP contribution in [-0.2, 0) is 16.1 Å². The minimum Gasteiger partial charge on any atom is -0.461 e. The van der Waals surface area contributed by atoms with Gasteiger partial charge in [-0.25, -0.2) is 4.79 Å². The molecule has 112 valence electrons. The van der Waals surface area contributed by atoms with Gasteiger partial charge in [-0.3, -0.25) is 0 Å². The van der Waals surface area contributed by atoms with Crippen molar-refractivity contribution in [1.82, 2.24) is 10.6 Å². The Morgan fingerprint density at radius 3 is 2.95 bits per heavy atom. The maximum absolute atomic E-state index is 11.5. The van der Waals surface area contributed by atoms with E-state index in [0.717, 1.165) is 17.1 Å². The van der Waals surface area contributed by atoms with Gasteiger partial charge in [0.2, 0.25) is 6.79 Å². The molecule has 3 rings (SSSR count). The molecule has 7 heteroatoms. The van der Waals surface area contributed by atoms with E-state index < -0.39 is 0 Å². The average Bonchev–Trinajstić information content (AvgIpc) is 3.02. The van der Waals surface area contributed by atoms with E-state index in [1.54, 1.807) is 0 Å². The van der Waals surface area contributed by atoms with Crippen LogP contribution >= 0.6 is 12.2 Å². The second-order valence-corrected chi connectivity index (χ2v) is 5.46. The van der Waals surface area contributed by atoms with Crippen molar-refractivity contribution in [2.75, 3.05) is 6.79 Å². The van der Waals surface area contributed by atoms with E-state index in [4.69, 9.17) is 26.4 Å². The molecule has 0 amide bonds. The number of rotatable bonds is 3. The third-order valence-corrected chi connectivity index (χ3v) is 3.63. The molecule has 2 atom stereocenters. The summed E-state index contributed by atoms with van der Waals surface area (Å²) in [5, 5.41) is 6.47. The molecule has 2 aliphatic heterocycles. The number of cyclic esters (lactones) is 1. The summed E-state index contributed by atoms with van der Waals surface area (Å²) in [5.41, 5.74) is 1.02. The Labute approximate surface area is 127 Å². The molecule has 0 aliphatic carbocycles. The largest absolute Gasteiger partial charge is 0.461 e. The van der Waals surface area contributed by atoms with Crippen molar-refractivity contribution in [2.45, 2.75) is 32.0 Å². The van der Waals surface area contributed by atoms with Gasteiger partial charge in [0, 0.05) is 13.0 Å². The Bertz CT molecular complexity index is 578. The molecule has 0 aromatic heterocycles. The Morgan fingerprint density at radius 1 is 1.38 bits per heavy atom. The van der Waals surface area contributed by atoms with Gasteiger partial charge in [-0.2, -0.15) is 0 Å². The topological polar surface area (TPSA) is 68.8 Å². The minimum atomic E-state index is -0.364. The highest BCUT2D eigenvalue weighted by molar-refractivity contribution is 7.80. The summed E-state index contributed by atoms with van der Waals surface area (Å²) in [6.45, 7) is 2.66. The fourth-order valence-corrected chi connectivity index (χ4v) is 2.53. The molecule has 0 bridgehead atoms. The Balaban J connectivity index is 1.51. The SMILES string of the molecule is C[C@@H]1C[C@@H](NC(=S)NCc2ccc3c(c2)OCO3)C(=O)O1. The molecule has 1 aromatic rings. The first kappa shape index (κ1) is 13.9. The fourth-order valence-electron chi connectivity index (χ4n) is 2.32. The van der Waals surface area contributed by atoms with Crippen LogP contribution in [-0.4, -0.2) is 30.0 Å². The number of hydrogen-bond donors (Lipinski definition) is 2. The molecule has 2 aliphatic rings. The normalized spacial score (nSPS) is 22.8. The van der Waals surface area contributed by atoms with E-state index >= 15 is 0 Å². The van der Waals surface area contributed by atoms with Gasteiger partial charge in [0.1, 0.15) is 12.1 Å². The highest BCUT2D eigenvalue weighted by Gasteiger charge is 2.32. The number of esters is 1. The summed E-state index contributed by atoms with van der Waals surface area (Å²) in [4.78, 5) is 11.5. The smallest absolute Gasteiger partial charge is 0.329 e. The van der Waals surface area contributed by atoms with E-state index in [9.17, 15) is 4.79 Å². The lowest BCUT2D eigenvalue weighted by molar-refractivity contribution is -0.142. The van der Waals surface area contributed by atoms with E-state index in [-0.39, 0.29) is 24.9 Å². The first-order valence-electron chi connectivity index (χ1n) is 6.75. The summed E-state index contributed by atoms with van der Waals surface area (Å²) in [6, 6.07) is 5.35. The lowest BCUT2D eigenvalue weighted by Gasteiger charge is -2.13. The number of ether oxygens (including phenoxy) is 3. The van der Waals surface area contributed by atoms with Crippen LogP contribution in [0.5, 0.6) is 11.5 Å². The van der Waals surface area contributed by atoms with Gasteiger partial charge in [0.25, 0.3) is 0 Å². The van der Waals surface area contributed by atoms with Gasteiger partial charge in [-0.05, 0) is 36.8 Å². The quantitative estimate of drug-likeness (QED) is 0.640. The molecule has 1 aromatic carbocycles. The van der Waals surface area contributed by atoms with Crippen molar-refractivity contribution in [3.63, 3.8) is 0 Å². The second-order valence-electron chi connectivity index (χ2n) is 5.05. The van der Waals surface area contributed by atoms with Gasteiger partial charge in [-0.15, -0.1) is 0 Å². The second kappa shape index (κ2) is 5.77. The summed E-state index contributed by atoms with van der Waals surface area (Å²) in [7, 11) is 0. The molecule has 6 nitrogen and oxygen atoms in total. The predicted octanol–water partition coefficient (Wildman–Crippen LogP) is 1.08. The van der Waals surface area contributed by atoms with Crippen LogP contribution in [0, 0.1) is 0 Å². The standard InChI is InChI=1S/C14H16N2O4S/c1-8-4-10(13(17)20-8)16-14(21)15-6-9-2-3-11-12(5-9)19-7-18-11/h2-3,5,8,10H,4,6-7H2,1H3,(H2,15,16,21)/t8-,10-/m1/s1. The number of nitrogens with one attached hydrogen (secondary N) is 2. The zero-order valence-electron chi connectivity index (χ0n) is 11.5. The maximum atomic E-state index is 11.5. The van der Waals surface area contributed by atoms with Crippen LogP contribution in [0.1, 0.15) is 18.9 Å². The van der Waals surface area contributed by atoms with Gasteiger partial charge in [-0.1, -0.05) is 6.07 Å². The number of carbonyl (C=O) groups excluding carboxylic acids is 1. The molecule has 0 unspecified atom stereocenters. The van der Waals surface area contributed by atoms with Crippen molar-refractivity contribution in [2.24, 2.45) is 0 Å². The predicted molar refractivity (Wildman–Crippen MR) is 79.1 cm³/mol. The molecule has 0 spiro atoms. The molecule has 2 N–H and O–H groups in total. The third kappa shape index (κ3) is 3.18. The highest BCUT2D eigenvalue weighted by atomic mass is 32.1. The van der Waals surface area contributed by atoms with E-state index in [2.05, 4.69) is 10.6 Å². The van der Waals surface area contributed by atoms with Crippen LogP contribution in [0.4, 0.5) is 0 Å². The highest BCUT2D eigenvalue weighted by Crippen LogP contribution is 2.32. The molecule has 21 heavy (non-hydrogen) atoms. The number of fused-ring (bicyclic) bond motifs is 1. The summed E-state index contributed by atoms with van der Waals surface area (Å²) >= 11 is 5.19. The number of thiocarbonyl (C=S) groups is 1. The Morgan fingerprint density at radius 2 is 2.19 bits per heavy atom. The molecular formula is C14H16N2O4S. The van der Waals surface area contributed by atoms with Crippen LogP contribution in [0.25, 0.3) is 0 Å². The van der Waals surface area contributed by atoms with Crippen LogP contribution < -0.4 is 20.1 Å². The van der Waals surface area contributed by atoms with Crippen LogP contribution in [0.15, 0.2) is 18.2 Å². The summed E-state index contributed by atoms with van der Waals surface area (Å²) in [5.74, 6) is 1.23. The van der Waals surface area contributed by atoms with E-state index in [0.29, 0.717) is 18.1 Å². The van der Waals surface area contributed by atoms with Crippen LogP contribution in [0.2, 0.25) is 0 Å². The average molecular weight is 308 g/mol. The monoisotopic (exact) mass is 308 g/mol. The van der Waals surface area contributed by atoms with Crippen molar-refractivity contribution in [3.05, 3.63) is 23.8 Å². The van der Waals surface area contributed by atoms with Gasteiger partial charge in [0.15, 0.2) is 16.6 Å². The van der Waals surface area contributed by atoms with Crippen molar-refractivity contribution in [3.8, 4) is 11.5 Å². The van der Waals surface area contributed by atoms with E-state index in [1.807, 2.05) is 25.1 Å². The van der Waals surface area contributed by atoms with E-state index in [1.165, 1.54) is 0 Å². The first-order chi connectivity index (χ1) is 10.1. The zero-order valence-corrected chi connectivity index (χ0v) is 12.4. The van der Waals surface area contributed by atoms with Crippen molar-refractivity contribution < 1.29 is 19.0 Å². The molecule has 2 heterocycles. The molecule has 0 saturated carbocycles. The van der Waals surface area contributed by atoms with Crippen LogP contribution in [0.3, 0.4) is 0 Å². The third-order valence-electron chi connectivity index (χ3n) is 3.36. The minimum absolute atomic E-state index is 0.0633. The van der Waals surface area contributed by atoms with Crippen molar-refractivity contribution in [1.29, 1.82) is 0 Å². The number of benzene rings is 1. The Hall–Kier alpha value is -2.02. The van der Waals surface area contributed by atoms with Crippen molar-refractivity contribution >= 4 is 23.3 Å². The Kier molecular flexibility index (Phi) is 3.83. The maximum Gasteiger partial charge on any atom is 0.329 e. The summed E-state index contributed by atoms with van der Waals surface area (Å²) < 4.78 is 15.6. The van der Waals surface area contributed by atoms with Gasteiger partial charge >= 0.3 is 5.97 Å². The molecule has 1 saturated heterocycles. The first-order valence-corrected chi connectivity index (χ1v) is 7.16. The fraction of sp³-hybridized carbons (Fsp3) is 0.429. The van der Waals surface area contributed by atoms with Gasteiger partial charge < -0.3 is 24.8 Å². The number of hydrogen-bond acceptors (Lipinski definition) is 5. The molecular weight excluding hydrogens is 292 g/mol. The number of carbonyl (C=O) groups is 1. The zero-order chi connectivity index (χ0) is 14.8. The lowest BCUT2D eigenvalue weighted by Crippen LogP contribution is -2.43. The lowest BCUT2D eigenvalue weighted by atomic mass is 10.2. The van der Waals surface area contributed by atoms with Gasteiger partial charge in [0.05, 0.1) is 0 Å².